The number of aliphatic imine (C=N–C) groups is 1. The van der Waals surface area contributed by atoms with Crippen LogP contribution >= 0.6 is 0 Å². The zero-order valence-electron chi connectivity index (χ0n) is 15.5. The summed E-state index contributed by atoms with van der Waals surface area (Å²) in [6, 6.07) is 9.36. The Kier molecular flexibility index (Phi) is 4.49. The molecule has 2 aliphatic heterocycles. The summed E-state index contributed by atoms with van der Waals surface area (Å²) in [4.78, 5) is 4.97. The number of halogens is 1. The predicted molar refractivity (Wildman–Crippen MR) is 103 cm³/mol. The number of rotatable bonds is 3. The number of nitrogens with zero attached hydrogens (tertiary/aromatic N) is 3. The van der Waals surface area contributed by atoms with Gasteiger partial charge in [0.05, 0.1) is 17.4 Å². The second-order valence-corrected chi connectivity index (χ2v) is 7.57. The number of nitrogens with one attached hydrogen (secondary N) is 1. The number of aromatic nitrogens is 2. The van der Waals surface area contributed by atoms with Gasteiger partial charge in [0.25, 0.3) is 0 Å². The SMILES string of the molecule is CC1N=C(c2ccc(F)cc2)C=C(c2ccn(C)n2)C1[C@H]1CN[C@@H](C)C1. The standard InChI is InChI=1S/C21H25FN4/c1-13-10-16(12-23-13)21-14(2)24-20(15-4-6-17(22)7-5-15)11-18(21)19-8-9-26(3)25-19/h4-9,11,13-14,16,21,23H,10,12H2,1-3H3/t13-,14?,16+,21?/m0/s1. The van der Waals surface area contributed by atoms with Crippen molar-refractivity contribution >= 4 is 11.3 Å². The quantitative estimate of drug-likeness (QED) is 0.919. The first-order chi connectivity index (χ1) is 12.5. The highest BCUT2D eigenvalue weighted by Crippen LogP contribution is 2.39. The Labute approximate surface area is 153 Å². The minimum atomic E-state index is -0.226. The van der Waals surface area contributed by atoms with Gasteiger partial charge in [0.1, 0.15) is 5.82 Å². The molecule has 2 aliphatic rings. The van der Waals surface area contributed by atoms with Crippen LogP contribution in [0.2, 0.25) is 0 Å². The van der Waals surface area contributed by atoms with Gasteiger partial charge in [-0.25, -0.2) is 4.39 Å². The predicted octanol–water partition coefficient (Wildman–Crippen LogP) is 3.45. The summed E-state index contributed by atoms with van der Waals surface area (Å²) in [5, 5.41) is 8.24. The number of aryl methyl sites for hydroxylation is 1. The van der Waals surface area contributed by atoms with E-state index in [1.165, 1.54) is 17.7 Å². The second kappa shape index (κ2) is 6.80. The van der Waals surface area contributed by atoms with Crippen LogP contribution < -0.4 is 5.32 Å². The summed E-state index contributed by atoms with van der Waals surface area (Å²) >= 11 is 0. The van der Waals surface area contributed by atoms with Gasteiger partial charge in [-0.2, -0.15) is 5.10 Å². The molecule has 1 N–H and O–H groups in total. The number of benzene rings is 1. The molecule has 1 saturated heterocycles. The van der Waals surface area contributed by atoms with Crippen LogP contribution in [0.1, 0.15) is 31.5 Å². The van der Waals surface area contributed by atoms with E-state index in [1.807, 2.05) is 17.9 Å². The van der Waals surface area contributed by atoms with Crippen LogP contribution in [-0.4, -0.2) is 34.1 Å². The second-order valence-electron chi connectivity index (χ2n) is 7.57. The molecular weight excluding hydrogens is 327 g/mol. The highest BCUT2D eigenvalue weighted by molar-refractivity contribution is 6.13. The van der Waals surface area contributed by atoms with Crippen molar-refractivity contribution in [2.45, 2.75) is 32.4 Å². The van der Waals surface area contributed by atoms with Crippen LogP contribution in [0.5, 0.6) is 0 Å². The highest BCUT2D eigenvalue weighted by atomic mass is 19.1. The molecule has 1 aromatic heterocycles. The molecule has 1 aromatic carbocycles. The van der Waals surface area contributed by atoms with Crippen LogP contribution in [-0.2, 0) is 7.05 Å². The summed E-state index contributed by atoms with van der Waals surface area (Å²) < 4.78 is 15.1. The highest BCUT2D eigenvalue weighted by Gasteiger charge is 2.37. The first kappa shape index (κ1) is 17.2. The molecule has 4 atom stereocenters. The molecule has 0 spiro atoms. The van der Waals surface area contributed by atoms with E-state index >= 15 is 0 Å². The zero-order chi connectivity index (χ0) is 18.3. The van der Waals surface area contributed by atoms with E-state index in [9.17, 15) is 4.39 Å². The Morgan fingerprint density at radius 1 is 1.15 bits per heavy atom. The maximum absolute atomic E-state index is 13.3. The molecule has 0 bridgehead atoms. The fraction of sp³-hybridized carbons (Fsp3) is 0.429. The van der Waals surface area contributed by atoms with Crippen LogP contribution in [0.15, 0.2) is 47.6 Å². The lowest BCUT2D eigenvalue weighted by Gasteiger charge is -2.32. The molecule has 2 aromatic rings. The molecule has 0 aliphatic carbocycles. The van der Waals surface area contributed by atoms with Crippen molar-refractivity contribution in [2.24, 2.45) is 23.9 Å². The first-order valence-electron chi connectivity index (χ1n) is 9.30. The average molecular weight is 352 g/mol. The fourth-order valence-electron chi connectivity index (χ4n) is 4.33. The van der Waals surface area contributed by atoms with E-state index in [0.717, 1.165) is 29.9 Å². The van der Waals surface area contributed by atoms with Crippen molar-refractivity contribution in [1.82, 2.24) is 15.1 Å². The zero-order valence-corrected chi connectivity index (χ0v) is 15.5. The Morgan fingerprint density at radius 3 is 2.54 bits per heavy atom. The van der Waals surface area contributed by atoms with Gasteiger partial charge in [-0.3, -0.25) is 9.67 Å². The lowest BCUT2D eigenvalue weighted by molar-refractivity contribution is 0.381. The van der Waals surface area contributed by atoms with Crippen molar-refractivity contribution < 1.29 is 4.39 Å². The van der Waals surface area contributed by atoms with E-state index in [0.29, 0.717) is 17.9 Å². The van der Waals surface area contributed by atoms with Gasteiger partial charge in [0.15, 0.2) is 0 Å². The van der Waals surface area contributed by atoms with Crippen LogP contribution in [0.4, 0.5) is 4.39 Å². The van der Waals surface area contributed by atoms with Crippen molar-refractivity contribution in [3.05, 3.63) is 59.7 Å². The van der Waals surface area contributed by atoms with Gasteiger partial charge in [0, 0.05) is 25.2 Å². The summed E-state index contributed by atoms with van der Waals surface area (Å²) in [7, 11) is 1.94. The van der Waals surface area contributed by atoms with Gasteiger partial charge < -0.3 is 5.32 Å². The Morgan fingerprint density at radius 2 is 1.92 bits per heavy atom. The molecule has 4 rings (SSSR count). The van der Waals surface area contributed by atoms with E-state index < -0.39 is 0 Å². The van der Waals surface area contributed by atoms with Crippen LogP contribution in [0.25, 0.3) is 5.57 Å². The lowest BCUT2D eigenvalue weighted by Crippen LogP contribution is -2.31. The van der Waals surface area contributed by atoms with Crippen molar-refractivity contribution in [3.8, 4) is 0 Å². The minimum Gasteiger partial charge on any atom is -0.314 e. The number of allylic oxidation sites excluding steroid dienone is 1. The lowest BCUT2D eigenvalue weighted by atomic mass is 9.76. The first-order valence-corrected chi connectivity index (χ1v) is 9.30. The fourth-order valence-corrected chi connectivity index (χ4v) is 4.33. The third-order valence-corrected chi connectivity index (χ3v) is 5.56. The molecule has 1 fully saturated rings. The third-order valence-electron chi connectivity index (χ3n) is 5.56. The average Bonchev–Trinajstić information content (AvgIpc) is 3.23. The van der Waals surface area contributed by atoms with E-state index in [4.69, 9.17) is 4.99 Å². The van der Waals surface area contributed by atoms with Gasteiger partial charge >= 0.3 is 0 Å². The smallest absolute Gasteiger partial charge is 0.123 e. The Balaban J connectivity index is 1.75. The van der Waals surface area contributed by atoms with Gasteiger partial charge in [0.2, 0.25) is 0 Å². The summed E-state index contributed by atoms with van der Waals surface area (Å²) in [5.41, 5.74) is 4.11. The maximum Gasteiger partial charge on any atom is 0.123 e. The number of hydrogen-bond acceptors (Lipinski definition) is 3. The van der Waals surface area contributed by atoms with E-state index in [-0.39, 0.29) is 11.9 Å². The van der Waals surface area contributed by atoms with Crippen molar-refractivity contribution in [1.29, 1.82) is 0 Å². The third kappa shape index (κ3) is 3.23. The van der Waals surface area contributed by atoms with E-state index in [2.05, 4.69) is 36.4 Å². The topological polar surface area (TPSA) is 42.2 Å². The van der Waals surface area contributed by atoms with Crippen molar-refractivity contribution in [3.63, 3.8) is 0 Å². The normalized spacial score (nSPS) is 28.8. The van der Waals surface area contributed by atoms with Gasteiger partial charge in [-0.15, -0.1) is 0 Å². The summed E-state index contributed by atoms with van der Waals surface area (Å²) in [6.45, 7) is 5.44. The molecular formula is C21H25FN4. The monoisotopic (exact) mass is 352 g/mol. The molecule has 4 nitrogen and oxygen atoms in total. The Hall–Kier alpha value is -2.27. The minimum absolute atomic E-state index is 0.161. The van der Waals surface area contributed by atoms with Gasteiger partial charge in [-0.05, 0) is 80.3 Å². The van der Waals surface area contributed by atoms with Gasteiger partial charge in [-0.1, -0.05) is 0 Å². The molecule has 2 unspecified atom stereocenters. The van der Waals surface area contributed by atoms with Crippen LogP contribution in [0, 0.1) is 17.7 Å². The summed E-state index contributed by atoms with van der Waals surface area (Å²) in [5.74, 6) is 0.661. The maximum atomic E-state index is 13.3. The van der Waals surface area contributed by atoms with Crippen LogP contribution in [0.3, 0.4) is 0 Å². The Bertz CT molecular complexity index is 849. The molecule has 0 radical (unpaired) electrons. The molecule has 3 heterocycles. The molecule has 136 valence electrons. The van der Waals surface area contributed by atoms with E-state index in [1.54, 1.807) is 12.1 Å². The largest absolute Gasteiger partial charge is 0.314 e. The van der Waals surface area contributed by atoms with Crippen molar-refractivity contribution in [2.75, 3.05) is 6.54 Å². The molecule has 0 amide bonds. The molecule has 5 heteroatoms. The molecule has 0 saturated carbocycles. The number of dihydropyridines is 1. The number of hydrogen-bond donors (Lipinski definition) is 1. The summed E-state index contributed by atoms with van der Waals surface area (Å²) in [6.07, 6.45) is 5.29. The molecule has 26 heavy (non-hydrogen) atoms.